The first-order valence-electron chi connectivity index (χ1n) is 12.5. The highest BCUT2D eigenvalue weighted by Crippen LogP contribution is 2.67. The van der Waals surface area contributed by atoms with Crippen LogP contribution in [0.2, 0.25) is 0 Å². The maximum absolute atomic E-state index is 3.48. The fraction of sp³-hybridized carbons (Fsp3) is 0.926. The molecule has 0 bridgehead atoms. The van der Waals surface area contributed by atoms with Crippen molar-refractivity contribution in [3.8, 4) is 0 Å². The van der Waals surface area contributed by atoms with Crippen LogP contribution in [0.15, 0.2) is 12.7 Å². The predicted molar refractivity (Wildman–Crippen MR) is 122 cm³/mol. The van der Waals surface area contributed by atoms with Crippen molar-refractivity contribution in [2.75, 3.05) is 0 Å². The fourth-order valence-corrected chi connectivity index (χ4v) is 7.93. The third kappa shape index (κ3) is 4.20. The van der Waals surface area contributed by atoms with Gasteiger partial charge in [-0.3, -0.25) is 0 Å². The van der Waals surface area contributed by atoms with E-state index in [1.807, 2.05) is 19.9 Å². The van der Waals surface area contributed by atoms with E-state index in [9.17, 15) is 0 Å². The van der Waals surface area contributed by atoms with E-state index in [0.29, 0.717) is 10.8 Å². The first kappa shape index (κ1) is 23.0. The average Bonchev–Trinajstić information content (AvgIpc) is 2.98. The van der Waals surface area contributed by atoms with Crippen molar-refractivity contribution in [2.45, 2.75) is 113 Å². The smallest absolute Gasteiger partial charge is 0.0264 e. The minimum absolute atomic E-state index is 0.699. The van der Waals surface area contributed by atoms with Gasteiger partial charge in [0.15, 0.2) is 0 Å². The predicted octanol–water partition coefficient (Wildman–Crippen LogP) is 8.91. The Morgan fingerprint density at radius 3 is 2.07 bits per heavy atom. The third-order valence-corrected chi connectivity index (χ3v) is 9.62. The molecule has 158 valence electrons. The van der Waals surface area contributed by atoms with Crippen LogP contribution in [0.25, 0.3) is 0 Å². The molecule has 0 nitrogen and oxygen atoms in total. The van der Waals surface area contributed by atoms with Crippen molar-refractivity contribution < 1.29 is 0 Å². The second-order valence-electron chi connectivity index (χ2n) is 10.8. The Kier molecular flexibility index (Phi) is 8.09. The van der Waals surface area contributed by atoms with Crippen LogP contribution >= 0.6 is 0 Å². The quantitative estimate of drug-likeness (QED) is 0.402. The zero-order valence-electron chi connectivity index (χ0n) is 19.8. The standard InChI is InChI=1S/C21H36.C4H8.C2H6/c1-14-5-7-16-8-9-17-18-10-6-15(2)20(18,3)12-11-19(17)21(16,4)13-14;1-3-4-2;1-2/h14-19H,5-13H2,1-4H3;3H,1,4H2,2H3;1-2H3. The Balaban J connectivity index is 0.000000389. The van der Waals surface area contributed by atoms with Crippen LogP contribution in [0.1, 0.15) is 113 Å². The molecule has 0 N–H and O–H groups in total. The zero-order chi connectivity index (χ0) is 20.2. The van der Waals surface area contributed by atoms with E-state index in [-0.39, 0.29) is 0 Å². The molecule has 0 spiro atoms. The highest BCUT2D eigenvalue weighted by Gasteiger charge is 2.59. The van der Waals surface area contributed by atoms with Crippen LogP contribution in [0.4, 0.5) is 0 Å². The normalized spacial score (nSPS) is 47.8. The summed E-state index contributed by atoms with van der Waals surface area (Å²) >= 11 is 0. The van der Waals surface area contributed by atoms with Crippen molar-refractivity contribution in [2.24, 2.45) is 46.3 Å². The molecule has 0 aliphatic heterocycles. The molecule has 4 saturated carbocycles. The van der Waals surface area contributed by atoms with E-state index in [4.69, 9.17) is 0 Å². The lowest BCUT2D eigenvalue weighted by atomic mass is 9.44. The van der Waals surface area contributed by atoms with E-state index in [1.165, 1.54) is 25.7 Å². The molecular formula is C27H50. The van der Waals surface area contributed by atoms with Gasteiger partial charge in [0.25, 0.3) is 0 Å². The topological polar surface area (TPSA) is 0 Å². The number of hydrogen-bond acceptors (Lipinski definition) is 0. The zero-order valence-corrected chi connectivity index (χ0v) is 19.8. The molecule has 4 aliphatic carbocycles. The van der Waals surface area contributed by atoms with Crippen LogP contribution < -0.4 is 0 Å². The average molecular weight is 375 g/mol. The second kappa shape index (κ2) is 9.49. The molecule has 4 rings (SSSR count). The number of allylic oxidation sites excluding steroid dienone is 1. The van der Waals surface area contributed by atoms with Crippen molar-refractivity contribution >= 4 is 0 Å². The molecule has 0 radical (unpaired) electrons. The minimum atomic E-state index is 0.699. The molecule has 4 aliphatic rings. The van der Waals surface area contributed by atoms with Gasteiger partial charge in [-0.15, -0.1) is 6.58 Å². The molecule has 4 fully saturated rings. The summed E-state index contributed by atoms with van der Waals surface area (Å²) in [6.07, 6.45) is 16.8. The molecule has 0 saturated heterocycles. The van der Waals surface area contributed by atoms with Crippen LogP contribution in [0, 0.1) is 46.3 Å². The lowest BCUT2D eigenvalue weighted by Gasteiger charge is -2.61. The first-order valence-corrected chi connectivity index (χ1v) is 12.5. The summed E-state index contributed by atoms with van der Waals surface area (Å²) in [5.41, 5.74) is 1.40. The Hall–Kier alpha value is -0.260. The highest BCUT2D eigenvalue weighted by atomic mass is 14.6. The summed E-state index contributed by atoms with van der Waals surface area (Å²) < 4.78 is 0. The molecule has 0 amide bonds. The van der Waals surface area contributed by atoms with E-state index in [2.05, 4.69) is 41.2 Å². The molecular weight excluding hydrogens is 324 g/mol. The SMILES string of the molecule is C=CCC.CC.CC1CCC2CCC3C4CCC(C)C4(C)CCC3C2(C)C1. The lowest BCUT2D eigenvalue weighted by molar-refractivity contribution is -0.117. The molecule has 0 heteroatoms. The summed E-state index contributed by atoms with van der Waals surface area (Å²) in [6.45, 7) is 20.0. The molecule has 0 aromatic heterocycles. The summed E-state index contributed by atoms with van der Waals surface area (Å²) in [5.74, 6) is 6.27. The fourth-order valence-electron chi connectivity index (χ4n) is 7.93. The number of fused-ring (bicyclic) bond motifs is 5. The maximum Gasteiger partial charge on any atom is -0.0264 e. The van der Waals surface area contributed by atoms with E-state index in [1.54, 1.807) is 32.1 Å². The van der Waals surface area contributed by atoms with Gasteiger partial charge in [0.2, 0.25) is 0 Å². The van der Waals surface area contributed by atoms with Crippen molar-refractivity contribution in [1.29, 1.82) is 0 Å². The summed E-state index contributed by atoms with van der Waals surface area (Å²) in [4.78, 5) is 0. The molecule has 27 heavy (non-hydrogen) atoms. The van der Waals surface area contributed by atoms with Crippen LogP contribution in [0.5, 0.6) is 0 Å². The van der Waals surface area contributed by atoms with Crippen LogP contribution in [0.3, 0.4) is 0 Å². The number of rotatable bonds is 1. The second-order valence-corrected chi connectivity index (χ2v) is 10.8. The maximum atomic E-state index is 3.48. The highest BCUT2D eigenvalue weighted by molar-refractivity contribution is 5.08. The van der Waals surface area contributed by atoms with Gasteiger partial charge in [-0.1, -0.05) is 61.0 Å². The van der Waals surface area contributed by atoms with Crippen molar-refractivity contribution in [3.05, 3.63) is 12.7 Å². The van der Waals surface area contributed by atoms with Crippen LogP contribution in [-0.2, 0) is 0 Å². The lowest BCUT2D eigenvalue weighted by Crippen LogP contribution is -2.53. The van der Waals surface area contributed by atoms with Crippen molar-refractivity contribution in [1.82, 2.24) is 0 Å². The van der Waals surface area contributed by atoms with Gasteiger partial charge in [-0.2, -0.15) is 0 Å². The Bertz CT molecular complexity index is 465. The van der Waals surface area contributed by atoms with Crippen LogP contribution in [-0.4, -0.2) is 0 Å². The van der Waals surface area contributed by atoms with E-state index < -0.39 is 0 Å². The van der Waals surface area contributed by atoms with E-state index >= 15 is 0 Å². The molecule has 0 aromatic rings. The number of hydrogen-bond donors (Lipinski definition) is 0. The third-order valence-electron chi connectivity index (χ3n) is 9.62. The van der Waals surface area contributed by atoms with Gasteiger partial charge < -0.3 is 0 Å². The summed E-state index contributed by atoms with van der Waals surface area (Å²) in [7, 11) is 0. The Morgan fingerprint density at radius 1 is 0.852 bits per heavy atom. The van der Waals surface area contributed by atoms with Gasteiger partial charge in [-0.05, 0) is 104 Å². The van der Waals surface area contributed by atoms with Gasteiger partial charge in [0, 0.05) is 0 Å². The Morgan fingerprint density at radius 2 is 1.44 bits per heavy atom. The Labute approximate surface area is 172 Å². The molecule has 8 unspecified atom stereocenters. The monoisotopic (exact) mass is 374 g/mol. The van der Waals surface area contributed by atoms with Gasteiger partial charge in [0.05, 0.1) is 0 Å². The van der Waals surface area contributed by atoms with Gasteiger partial charge >= 0.3 is 0 Å². The molecule has 0 aromatic carbocycles. The largest absolute Gasteiger partial charge is 0.103 e. The summed E-state index contributed by atoms with van der Waals surface area (Å²) in [5, 5.41) is 0. The van der Waals surface area contributed by atoms with Crippen molar-refractivity contribution in [3.63, 3.8) is 0 Å². The first-order chi connectivity index (χ1) is 12.9. The minimum Gasteiger partial charge on any atom is -0.103 e. The molecule has 0 heterocycles. The van der Waals surface area contributed by atoms with E-state index in [0.717, 1.165) is 41.9 Å². The van der Waals surface area contributed by atoms with Gasteiger partial charge in [-0.25, -0.2) is 0 Å². The van der Waals surface area contributed by atoms with Gasteiger partial charge in [0.1, 0.15) is 0 Å². The summed E-state index contributed by atoms with van der Waals surface area (Å²) in [6, 6.07) is 0. The molecule has 8 atom stereocenters.